The van der Waals surface area contributed by atoms with Crippen molar-refractivity contribution in [1.29, 1.82) is 0 Å². The van der Waals surface area contributed by atoms with E-state index in [2.05, 4.69) is 12.2 Å². The lowest BCUT2D eigenvalue weighted by molar-refractivity contribution is -0.135. The van der Waals surface area contributed by atoms with E-state index in [0.717, 1.165) is 13.1 Å². The molecule has 0 bridgehead atoms. The number of carbonyl (C=O) groups excluding carboxylic acids is 1. The van der Waals surface area contributed by atoms with Crippen LogP contribution in [0.15, 0.2) is 0 Å². The summed E-state index contributed by atoms with van der Waals surface area (Å²) in [5.74, 6) is 2.13. The van der Waals surface area contributed by atoms with Crippen LogP contribution in [-0.2, 0) is 15.6 Å². The summed E-state index contributed by atoms with van der Waals surface area (Å²) < 4.78 is 11.2. The van der Waals surface area contributed by atoms with Gasteiger partial charge in [0.2, 0.25) is 5.91 Å². The zero-order valence-electron chi connectivity index (χ0n) is 9.07. The van der Waals surface area contributed by atoms with E-state index in [0.29, 0.717) is 30.5 Å². The molecule has 0 saturated carbocycles. The lowest BCUT2D eigenvalue weighted by atomic mass is 9.96. The molecule has 0 aliphatic carbocycles. The molecular formula is C10H18N2O2S. The molecule has 86 valence electrons. The molecule has 2 aliphatic heterocycles. The Balaban J connectivity index is 1.93. The number of nitrogens with one attached hydrogen (secondary N) is 1. The second-order valence-electron chi connectivity index (χ2n) is 4.42. The highest BCUT2D eigenvalue weighted by molar-refractivity contribution is 7.85. The summed E-state index contributed by atoms with van der Waals surface area (Å²) in [5, 5.41) is 3.24. The van der Waals surface area contributed by atoms with Gasteiger partial charge in [0.05, 0.1) is 5.92 Å². The van der Waals surface area contributed by atoms with E-state index in [1.807, 2.05) is 4.90 Å². The van der Waals surface area contributed by atoms with E-state index in [9.17, 15) is 9.00 Å². The molecule has 0 unspecified atom stereocenters. The summed E-state index contributed by atoms with van der Waals surface area (Å²) in [6.45, 7) is 5.21. The SMILES string of the molecule is C[C@@H]1CNC[C@H]1C(=O)N1CCS(=O)CC1. The van der Waals surface area contributed by atoms with Gasteiger partial charge < -0.3 is 10.2 Å². The summed E-state index contributed by atoms with van der Waals surface area (Å²) in [5.41, 5.74) is 0. The smallest absolute Gasteiger partial charge is 0.227 e. The molecule has 0 aromatic heterocycles. The lowest BCUT2D eigenvalue weighted by Gasteiger charge is -2.29. The number of rotatable bonds is 1. The molecule has 5 heteroatoms. The molecule has 0 aromatic carbocycles. The van der Waals surface area contributed by atoms with Crippen LogP contribution in [0.4, 0.5) is 0 Å². The maximum absolute atomic E-state index is 12.1. The summed E-state index contributed by atoms with van der Waals surface area (Å²) in [6, 6.07) is 0. The van der Waals surface area contributed by atoms with Crippen molar-refractivity contribution in [2.75, 3.05) is 37.7 Å². The Hall–Kier alpha value is -0.420. The Morgan fingerprint density at radius 1 is 1.33 bits per heavy atom. The normalized spacial score (nSPS) is 33.3. The first-order valence-corrected chi connectivity index (χ1v) is 7.02. The summed E-state index contributed by atoms with van der Waals surface area (Å²) in [4.78, 5) is 14.0. The van der Waals surface area contributed by atoms with E-state index in [1.165, 1.54) is 0 Å². The van der Waals surface area contributed by atoms with Crippen molar-refractivity contribution in [3.05, 3.63) is 0 Å². The van der Waals surface area contributed by atoms with Gasteiger partial charge >= 0.3 is 0 Å². The van der Waals surface area contributed by atoms with E-state index < -0.39 is 10.8 Å². The quantitative estimate of drug-likeness (QED) is 0.656. The van der Waals surface area contributed by atoms with Crippen molar-refractivity contribution >= 4 is 16.7 Å². The van der Waals surface area contributed by atoms with Crippen molar-refractivity contribution in [2.24, 2.45) is 11.8 Å². The van der Waals surface area contributed by atoms with Crippen LogP contribution in [0.3, 0.4) is 0 Å². The molecular weight excluding hydrogens is 212 g/mol. The molecule has 1 N–H and O–H groups in total. The number of nitrogens with zero attached hydrogens (tertiary/aromatic N) is 1. The monoisotopic (exact) mass is 230 g/mol. The third-order valence-corrected chi connectivity index (χ3v) is 4.60. The van der Waals surface area contributed by atoms with Crippen molar-refractivity contribution < 1.29 is 9.00 Å². The molecule has 2 heterocycles. The molecule has 1 amide bonds. The third kappa shape index (κ3) is 2.39. The van der Waals surface area contributed by atoms with Gasteiger partial charge in [0, 0.05) is 41.9 Å². The summed E-state index contributed by atoms with van der Waals surface area (Å²) in [6.07, 6.45) is 0. The Morgan fingerprint density at radius 2 is 2.00 bits per heavy atom. The molecule has 0 spiro atoms. The van der Waals surface area contributed by atoms with Gasteiger partial charge in [-0.1, -0.05) is 6.92 Å². The number of amides is 1. The zero-order valence-corrected chi connectivity index (χ0v) is 9.89. The fraction of sp³-hybridized carbons (Fsp3) is 0.900. The van der Waals surface area contributed by atoms with Crippen LogP contribution in [0.1, 0.15) is 6.92 Å². The Morgan fingerprint density at radius 3 is 2.53 bits per heavy atom. The van der Waals surface area contributed by atoms with Gasteiger partial charge in [0.15, 0.2) is 0 Å². The van der Waals surface area contributed by atoms with Gasteiger partial charge in [0.1, 0.15) is 0 Å². The second-order valence-corrected chi connectivity index (χ2v) is 6.11. The average molecular weight is 230 g/mol. The maximum Gasteiger partial charge on any atom is 0.227 e. The highest BCUT2D eigenvalue weighted by Crippen LogP contribution is 2.19. The van der Waals surface area contributed by atoms with E-state index in [-0.39, 0.29) is 11.8 Å². The first kappa shape index (κ1) is 11.1. The second kappa shape index (κ2) is 4.61. The van der Waals surface area contributed by atoms with E-state index in [4.69, 9.17) is 0 Å². The molecule has 2 atom stereocenters. The van der Waals surface area contributed by atoms with E-state index in [1.54, 1.807) is 0 Å². The van der Waals surface area contributed by atoms with Crippen LogP contribution >= 0.6 is 0 Å². The van der Waals surface area contributed by atoms with Crippen molar-refractivity contribution in [1.82, 2.24) is 10.2 Å². The van der Waals surface area contributed by atoms with Crippen LogP contribution in [0.2, 0.25) is 0 Å². The maximum atomic E-state index is 12.1. The van der Waals surface area contributed by atoms with Crippen LogP contribution in [0.5, 0.6) is 0 Å². The molecule has 2 saturated heterocycles. The van der Waals surface area contributed by atoms with Crippen LogP contribution in [-0.4, -0.2) is 52.7 Å². The van der Waals surface area contributed by atoms with Crippen LogP contribution < -0.4 is 5.32 Å². The molecule has 4 nitrogen and oxygen atoms in total. The predicted molar refractivity (Wildman–Crippen MR) is 60.0 cm³/mol. The average Bonchev–Trinajstić information content (AvgIpc) is 2.65. The molecule has 2 rings (SSSR count). The highest BCUT2D eigenvalue weighted by Gasteiger charge is 2.33. The first-order valence-electron chi connectivity index (χ1n) is 5.53. The first-order chi connectivity index (χ1) is 7.18. The summed E-state index contributed by atoms with van der Waals surface area (Å²) in [7, 11) is -0.697. The van der Waals surface area contributed by atoms with Gasteiger partial charge in [-0.3, -0.25) is 9.00 Å². The lowest BCUT2D eigenvalue weighted by Crippen LogP contribution is -2.46. The molecule has 2 fully saturated rings. The van der Waals surface area contributed by atoms with Gasteiger partial charge in [0.25, 0.3) is 0 Å². The number of hydrogen-bond donors (Lipinski definition) is 1. The Bertz CT molecular complexity index is 273. The number of hydrogen-bond acceptors (Lipinski definition) is 3. The van der Waals surface area contributed by atoms with Crippen molar-refractivity contribution in [3.8, 4) is 0 Å². The van der Waals surface area contributed by atoms with Crippen LogP contribution in [0, 0.1) is 11.8 Å². The molecule has 0 aromatic rings. The molecule has 0 radical (unpaired) electrons. The standard InChI is InChI=1S/C10H18N2O2S/c1-8-6-11-7-9(8)10(13)12-2-4-15(14)5-3-12/h8-9,11H,2-7H2,1H3/t8-,9-/m1/s1. The fourth-order valence-corrected chi connectivity index (χ4v) is 3.29. The Labute approximate surface area is 92.9 Å². The minimum atomic E-state index is -0.697. The largest absolute Gasteiger partial charge is 0.341 e. The summed E-state index contributed by atoms with van der Waals surface area (Å²) >= 11 is 0. The predicted octanol–water partition coefficient (Wildman–Crippen LogP) is -0.567. The van der Waals surface area contributed by atoms with Gasteiger partial charge in [-0.2, -0.15) is 0 Å². The minimum Gasteiger partial charge on any atom is -0.341 e. The minimum absolute atomic E-state index is 0.136. The Kier molecular flexibility index (Phi) is 3.41. The fourth-order valence-electron chi connectivity index (χ4n) is 2.23. The van der Waals surface area contributed by atoms with Crippen molar-refractivity contribution in [2.45, 2.75) is 6.92 Å². The highest BCUT2D eigenvalue weighted by atomic mass is 32.2. The van der Waals surface area contributed by atoms with Crippen molar-refractivity contribution in [3.63, 3.8) is 0 Å². The molecule has 2 aliphatic rings. The number of carbonyl (C=O) groups is 1. The third-order valence-electron chi connectivity index (χ3n) is 3.32. The molecule has 15 heavy (non-hydrogen) atoms. The topological polar surface area (TPSA) is 49.4 Å². The van der Waals surface area contributed by atoms with Gasteiger partial charge in [-0.25, -0.2) is 0 Å². The van der Waals surface area contributed by atoms with Gasteiger partial charge in [-0.15, -0.1) is 0 Å². The van der Waals surface area contributed by atoms with E-state index >= 15 is 0 Å². The van der Waals surface area contributed by atoms with Crippen LogP contribution in [0.25, 0.3) is 0 Å². The zero-order chi connectivity index (χ0) is 10.8. The van der Waals surface area contributed by atoms with Gasteiger partial charge in [-0.05, 0) is 12.5 Å².